The molecule has 0 aliphatic rings. The number of rotatable bonds is 7. The van der Waals surface area contributed by atoms with Crippen LogP contribution in [0.15, 0.2) is 24.3 Å². The molecule has 1 atom stereocenters. The number of carbonyl (C=O) groups is 1. The molecule has 1 aromatic rings. The van der Waals surface area contributed by atoms with Gasteiger partial charge in [0, 0.05) is 18.8 Å². The molecule has 1 rings (SSSR count). The lowest BCUT2D eigenvalue weighted by Gasteiger charge is -2.22. The first-order chi connectivity index (χ1) is 8.62. The highest BCUT2D eigenvalue weighted by Crippen LogP contribution is 2.19. The third-order valence-corrected chi connectivity index (χ3v) is 3.36. The Labute approximate surface area is 109 Å². The van der Waals surface area contributed by atoms with Gasteiger partial charge >= 0.3 is 5.97 Å². The van der Waals surface area contributed by atoms with E-state index in [1.54, 1.807) is 0 Å². The minimum atomic E-state index is -0.703. The van der Waals surface area contributed by atoms with Gasteiger partial charge in [0.15, 0.2) is 0 Å². The van der Waals surface area contributed by atoms with E-state index < -0.39 is 5.97 Å². The maximum absolute atomic E-state index is 11.1. The van der Waals surface area contributed by atoms with E-state index in [4.69, 9.17) is 5.11 Å². The van der Waals surface area contributed by atoms with Crippen LogP contribution in [0.25, 0.3) is 0 Å². The Kier molecular flexibility index (Phi) is 5.69. The lowest BCUT2D eigenvalue weighted by Crippen LogP contribution is -2.22. The van der Waals surface area contributed by atoms with E-state index in [2.05, 4.69) is 30.9 Å². The van der Waals surface area contributed by atoms with E-state index in [1.807, 2.05) is 19.1 Å². The molecule has 0 aliphatic heterocycles. The van der Waals surface area contributed by atoms with E-state index in [0.717, 1.165) is 18.7 Å². The molecule has 1 aromatic carbocycles. The molecule has 100 valence electrons. The monoisotopic (exact) mass is 249 g/mol. The van der Waals surface area contributed by atoms with Crippen molar-refractivity contribution >= 4 is 11.7 Å². The third-order valence-electron chi connectivity index (χ3n) is 3.36. The fraction of sp³-hybridized carbons (Fsp3) is 0.533. The third kappa shape index (κ3) is 3.76. The predicted octanol–water partition coefficient (Wildman–Crippen LogP) is 3.19. The maximum atomic E-state index is 11.1. The van der Waals surface area contributed by atoms with E-state index in [9.17, 15) is 4.79 Å². The van der Waals surface area contributed by atoms with Gasteiger partial charge in [0.2, 0.25) is 0 Å². The summed E-state index contributed by atoms with van der Waals surface area (Å²) in [6, 6.07) is 8.22. The van der Waals surface area contributed by atoms with E-state index in [1.165, 1.54) is 5.69 Å². The number of benzene rings is 1. The Bertz CT molecular complexity index is 386. The quantitative estimate of drug-likeness (QED) is 0.806. The number of anilines is 1. The molecule has 18 heavy (non-hydrogen) atoms. The van der Waals surface area contributed by atoms with Crippen LogP contribution >= 0.6 is 0 Å². The highest BCUT2D eigenvalue weighted by atomic mass is 16.4. The van der Waals surface area contributed by atoms with Crippen LogP contribution in [0, 0.1) is 5.92 Å². The predicted molar refractivity (Wildman–Crippen MR) is 75.1 cm³/mol. The summed E-state index contributed by atoms with van der Waals surface area (Å²) in [6.07, 6.45) is 1.28. The summed E-state index contributed by atoms with van der Waals surface area (Å²) < 4.78 is 0. The van der Waals surface area contributed by atoms with Crippen LogP contribution in [-0.2, 0) is 11.2 Å². The molecule has 0 aromatic heterocycles. The Morgan fingerprint density at radius 1 is 1.28 bits per heavy atom. The number of carboxylic acids is 1. The molecule has 0 fully saturated rings. The summed E-state index contributed by atoms with van der Waals surface area (Å²) in [5.74, 6) is -0.984. The molecule has 0 saturated carbocycles. The average Bonchev–Trinajstić information content (AvgIpc) is 2.37. The van der Waals surface area contributed by atoms with Crippen LogP contribution < -0.4 is 4.90 Å². The maximum Gasteiger partial charge on any atom is 0.306 e. The summed E-state index contributed by atoms with van der Waals surface area (Å²) in [4.78, 5) is 13.3. The molecule has 1 N–H and O–H groups in total. The summed E-state index contributed by atoms with van der Waals surface area (Å²) >= 11 is 0. The highest BCUT2D eigenvalue weighted by molar-refractivity contribution is 5.70. The van der Waals surface area contributed by atoms with Gasteiger partial charge in [-0.2, -0.15) is 0 Å². The molecule has 1 unspecified atom stereocenters. The van der Waals surface area contributed by atoms with E-state index in [-0.39, 0.29) is 5.92 Å². The number of aliphatic carboxylic acids is 1. The minimum absolute atomic E-state index is 0.281. The van der Waals surface area contributed by atoms with Crippen LogP contribution in [0.1, 0.15) is 32.8 Å². The fourth-order valence-electron chi connectivity index (χ4n) is 2.16. The van der Waals surface area contributed by atoms with Gasteiger partial charge in [0.25, 0.3) is 0 Å². The lowest BCUT2D eigenvalue weighted by atomic mass is 9.97. The molecule has 0 saturated heterocycles. The number of nitrogens with zero attached hydrogens (tertiary/aromatic N) is 1. The van der Waals surface area contributed by atoms with Crippen molar-refractivity contribution < 1.29 is 9.90 Å². The Balaban J connectivity index is 2.84. The molecule has 0 aliphatic carbocycles. The molecule has 0 radical (unpaired) electrons. The van der Waals surface area contributed by atoms with Crippen LogP contribution in [0.4, 0.5) is 5.69 Å². The van der Waals surface area contributed by atoms with Gasteiger partial charge in [-0.1, -0.05) is 19.1 Å². The molecule has 0 heterocycles. The average molecular weight is 249 g/mol. The number of carboxylic acid groups (broad SMARTS) is 1. The minimum Gasteiger partial charge on any atom is -0.481 e. The Morgan fingerprint density at radius 3 is 2.44 bits per heavy atom. The second-order valence-corrected chi connectivity index (χ2v) is 4.49. The molecule has 0 spiro atoms. The SMILES string of the molecule is CCC(Cc1cccc(N(CC)CC)c1)C(=O)O. The highest BCUT2D eigenvalue weighted by Gasteiger charge is 2.15. The molecule has 0 bridgehead atoms. The van der Waals surface area contributed by atoms with Crippen LogP contribution in [-0.4, -0.2) is 24.2 Å². The van der Waals surface area contributed by atoms with Crippen molar-refractivity contribution in [3.8, 4) is 0 Å². The molecule has 3 heteroatoms. The van der Waals surface area contributed by atoms with Crippen molar-refractivity contribution in [2.24, 2.45) is 5.92 Å². The lowest BCUT2D eigenvalue weighted by molar-refractivity contribution is -0.141. The van der Waals surface area contributed by atoms with Gasteiger partial charge in [-0.25, -0.2) is 0 Å². The first kappa shape index (κ1) is 14.6. The molecule has 3 nitrogen and oxygen atoms in total. The second kappa shape index (κ2) is 7.04. The molecular formula is C15H23NO2. The van der Waals surface area contributed by atoms with Crippen LogP contribution in [0.3, 0.4) is 0 Å². The van der Waals surface area contributed by atoms with Gasteiger partial charge in [-0.15, -0.1) is 0 Å². The first-order valence-electron chi connectivity index (χ1n) is 6.69. The summed E-state index contributed by atoms with van der Waals surface area (Å²) in [7, 11) is 0. The van der Waals surface area contributed by atoms with Gasteiger partial charge in [-0.3, -0.25) is 4.79 Å². The summed E-state index contributed by atoms with van der Waals surface area (Å²) in [5.41, 5.74) is 2.28. The smallest absolute Gasteiger partial charge is 0.306 e. The van der Waals surface area contributed by atoms with Gasteiger partial charge < -0.3 is 10.0 Å². The van der Waals surface area contributed by atoms with Gasteiger partial charge in [0.1, 0.15) is 0 Å². The van der Waals surface area contributed by atoms with Crippen LogP contribution in [0.2, 0.25) is 0 Å². The van der Waals surface area contributed by atoms with Crippen molar-refractivity contribution in [2.45, 2.75) is 33.6 Å². The second-order valence-electron chi connectivity index (χ2n) is 4.49. The van der Waals surface area contributed by atoms with Crippen molar-refractivity contribution in [1.29, 1.82) is 0 Å². The zero-order valence-corrected chi connectivity index (χ0v) is 11.5. The topological polar surface area (TPSA) is 40.5 Å². The largest absolute Gasteiger partial charge is 0.481 e. The van der Waals surface area contributed by atoms with Gasteiger partial charge in [0.05, 0.1) is 5.92 Å². The Hall–Kier alpha value is -1.51. The Morgan fingerprint density at radius 2 is 1.94 bits per heavy atom. The van der Waals surface area contributed by atoms with Crippen molar-refractivity contribution in [3.63, 3.8) is 0 Å². The number of hydrogen-bond donors (Lipinski definition) is 1. The number of hydrogen-bond acceptors (Lipinski definition) is 2. The van der Waals surface area contributed by atoms with Crippen LogP contribution in [0.5, 0.6) is 0 Å². The molecule has 0 amide bonds. The van der Waals surface area contributed by atoms with Crippen molar-refractivity contribution in [3.05, 3.63) is 29.8 Å². The van der Waals surface area contributed by atoms with E-state index >= 15 is 0 Å². The summed E-state index contributed by atoms with van der Waals surface area (Å²) in [6.45, 7) is 8.11. The fourth-order valence-corrected chi connectivity index (χ4v) is 2.16. The van der Waals surface area contributed by atoms with Gasteiger partial charge in [-0.05, 0) is 44.4 Å². The van der Waals surface area contributed by atoms with E-state index in [0.29, 0.717) is 12.8 Å². The normalized spacial score (nSPS) is 12.2. The zero-order chi connectivity index (χ0) is 13.5. The van der Waals surface area contributed by atoms with Crippen molar-refractivity contribution in [1.82, 2.24) is 0 Å². The molecular weight excluding hydrogens is 226 g/mol. The first-order valence-corrected chi connectivity index (χ1v) is 6.69. The standard InChI is InChI=1S/C15H23NO2/c1-4-13(15(17)18)10-12-8-7-9-14(11-12)16(5-2)6-3/h7-9,11,13H,4-6,10H2,1-3H3,(H,17,18). The zero-order valence-electron chi connectivity index (χ0n) is 11.5. The summed E-state index contributed by atoms with van der Waals surface area (Å²) in [5, 5.41) is 9.09. The van der Waals surface area contributed by atoms with Crippen molar-refractivity contribution in [2.75, 3.05) is 18.0 Å².